The molecule has 1 unspecified atom stereocenters. The van der Waals surface area contributed by atoms with Crippen LogP contribution in [0.4, 0.5) is 13.2 Å². The minimum atomic E-state index is -4.58. The van der Waals surface area contributed by atoms with Gasteiger partial charge >= 0.3 is 6.18 Å². The lowest BCUT2D eigenvalue weighted by Gasteiger charge is -2.21. The highest BCUT2D eigenvalue weighted by atomic mass is 19.4. The van der Waals surface area contributed by atoms with Gasteiger partial charge in [0.25, 0.3) is 0 Å². The molecular formula is C13H16F3NO2. The quantitative estimate of drug-likeness (QED) is 0.774. The van der Waals surface area contributed by atoms with Crippen LogP contribution in [0.15, 0.2) is 18.5 Å². The fourth-order valence-corrected chi connectivity index (χ4v) is 1.74. The molecule has 0 radical (unpaired) electrons. The van der Waals surface area contributed by atoms with E-state index in [2.05, 4.69) is 4.98 Å². The smallest absolute Gasteiger partial charge is 0.370 e. The van der Waals surface area contributed by atoms with Gasteiger partial charge in [-0.25, -0.2) is 0 Å². The minimum Gasteiger partial charge on any atom is -0.370 e. The lowest BCUT2D eigenvalue weighted by atomic mass is 9.95. The second-order valence-corrected chi connectivity index (χ2v) is 4.40. The molecule has 1 aromatic heterocycles. The molecule has 0 N–H and O–H groups in total. The Hall–Kier alpha value is -1.43. The molecule has 0 aliphatic heterocycles. The average Bonchev–Trinajstić information content (AvgIpc) is 2.33. The fraction of sp³-hybridized carbons (Fsp3) is 0.538. The first-order valence-electron chi connectivity index (χ1n) is 5.96. The van der Waals surface area contributed by atoms with E-state index < -0.39 is 29.2 Å². The second kappa shape index (κ2) is 6.14. The van der Waals surface area contributed by atoms with Gasteiger partial charge in [0.15, 0.2) is 5.78 Å². The summed E-state index contributed by atoms with van der Waals surface area (Å²) in [6.45, 7) is 5.40. The van der Waals surface area contributed by atoms with Gasteiger partial charge in [0, 0.05) is 19.0 Å². The summed E-state index contributed by atoms with van der Waals surface area (Å²) < 4.78 is 43.8. The highest BCUT2D eigenvalue weighted by Gasteiger charge is 2.37. The standard InChI is InChI=1S/C13H16F3NO2/c1-4-19-12(8(2)3)11(18)9-7-17-6-5-10(9)13(14,15)16/h5-8,12H,4H2,1-3H3. The fourth-order valence-electron chi connectivity index (χ4n) is 1.74. The van der Waals surface area contributed by atoms with Crippen LogP contribution in [0.3, 0.4) is 0 Å². The van der Waals surface area contributed by atoms with Crippen molar-refractivity contribution in [3.63, 3.8) is 0 Å². The molecule has 1 atom stereocenters. The first kappa shape index (κ1) is 15.6. The number of rotatable bonds is 5. The molecule has 0 spiro atoms. The molecule has 0 aliphatic carbocycles. The van der Waals surface area contributed by atoms with Crippen molar-refractivity contribution in [2.45, 2.75) is 33.1 Å². The Morgan fingerprint density at radius 1 is 1.42 bits per heavy atom. The molecule has 0 aliphatic rings. The first-order valence-corrected chi connectivity index (χ1v) is 5.96. The largest absolute Gasteiger partial charge is 0.417 e. The van der Waals surface area contributed by atoms with E-state index in [1.165, 1.54) is 0 Å². The SMILES string of the molecule is CCOC(C(=O)c1cnccc1C(F)(F)F)C(C)C. The third-order valence-corrected chi connectivity index (χ3v) is 2.60. The molecular weight excluding hydrogens is 259 g/mol. The van der Waals surface area contributed by atoms with Crippen molar-refractivity contribution in [2.24, 2.45) is 5.92 Å². The summed E-state index contributed by atoms with van der Waals surface area (Å²) in [4.78, 5) is 15.8. The number of Topliss-reactive ketones (excluding diaryl/α,β-unsaturated/α-hetero) is 1. The van der Waals surface area contributed by atoms with Crippen molar-refractivity contribution in [2.75, 3.05) is 6.61 Å². The van der Waals surface area contributed by atoms with Gasteiger partial charge in [-0.3, -0.25) is 9.78 Å². The maximum atomic E-state index is 12.8. The Bertz CT molecular complexity index is 444. The second-order valence-electron chi connectivity index (χ2n) is 4.40. The number of hydrogen-bond donors (Lipinski definition) is 0. The number of halogens is 3. The molecule has 0 saturated heterocycles. The number of hydrogen-bond acceptors (Lipinski definition) is 3. The number of ketones is 1. The van der Waals surface area contributed by atoms with E-state index in [-0.39, 0.29) is 12.5 Å². The third kappa shape index (κ3) is 3.76. The van der Waals surface area contributed by atoms with Gasteiger partial charge in [0.1, 0.15) is 6.10 Å². The normalized spacial score (nSPS) is 13.6. The highest BCUT2D eigenvalue weighted by Crippen LogP contribution is 2.32. The van der Waals surface area contributed by atoms with E-state index in [0.717, 1.165) is 18.5 Å². The zero-order chi connectivity index (χ0) is 14.6. The van der Waals surface area contributed by atoms with Crippen LogP contribution in [0.5, 0.6) is 0 Å². The lowest BCUT2D eigenvalue weighted by Crippen LogP contribution is -2.31. The van der Waals surface area contributed by atoms with Gasteiger partial charge in [0.2, 0.25) is 0 Å². The summed E-state index contributed by atoms with van der Waals surface area (Å²) in [6.07, 6.45) is -3.51. The molecule has 6 heteroatoms. The molecule has 1 aromatic rings. The maximum absolute atomic E-state index is 12.8. The molecule has 0 saturated carbocycles. The Morgan fingerprint density at radius 3 is 2.53 bits per heavy atom. The summed E-state index contributed by atoms with van der Waals surface area (Å²) in [6, 6.07) is 0.802. The molecule has 0 aromatic carbocycles. The van der Waals surface area contributed by atoms with Crippen molar-refractivity contribution < 1.29 is 22.7 Å². The predicted molar refractivity (Wildman–Crippen MR) is 63.8 cm³/mol. The lowest BCUT2D eigenvalue weighted by molar-refractivity contribution is -0.138. The molecule has 0 amide bonds. The molecule has 19 heavy (non-hydrogen) atoms. The van der Waals surface area contributed by atoms with Crippen LogP contribution in [0.25, 0.3) is 0 Å². The van der Waals surface area contributed by atoms with Crippen LogP contribution < -0.4 is 0 Å². The third-order valence-electron chi connectivity index (χ3n) is 2.60. The summed E-state index contributed by atoms with van der Waals surface area (Å²) in [5.74, 6) is -0.897. The Labute approximate surface area is 109 Å². The van der Waals surface area contributed by atoms with Gasteiger partial charge < -0.3 is 4.74 Å². The van der Waals surface area contributed by atoms with Crippen LogP contribution in [0.2, 0.25) is 0 Å². The van der Waals surface area contributed by atoms with E-state index in [9.17, 15) is 18.0 Å². The molecule has 1 heterocycles. The van der Waals surface area contributed by atoms with E-state index in [1.54, 1.807) is 20.8 Å². The Balaban J connectivity index is 3.18. The number of alkyl halides is 3. The number of pyridine rings is 1. The van der Waals surface area contributed by atoms with Crippen LogP contribution in [-0.2, 0) is 10.9 Å². The summed E-state index contributed by atoms with van der Waals surface area (Å²) in [7, 11) is 0. The molecule has 3 nitrogen and oxygen atoms in total. The Kier molecular flexibility index (Phi) is 5.05. The van der Waals surface area contributed by atoms with E-state index in [4.69, 9.17) is 4.74 Å². The number of aromatic nitrogens is 1. The number of carbonyl (C=O) groups is 1. The van der Waals surface area contributed by atoms with Crippen molar-refractivity contribution in [1.82, 2.24) is 4.98 Å². The zero-order valence-corrected chi connectivity index (χ0v) is 11.0. The van der Waals surface area contributed by atoms with E-state index in [1.807, 2.05) is 0 Å². The first-order chi connectivity index (χ1) is 8.79. The molecule has 1 rings (SSSR count). The predicted octanol–water partition coefficient (Wildman–Crippen LogP) is 3.34. The molecule has 0 fully saturated rings. The van der Waals surface area contributed by atoms with Gasteiger partial charge in [0.05, 0.1) is 11.1 Å². The number of nitrogens with zero attached hydrogens (tertiary/aromatic N) is 1. The number of ether oxygens (including phenoxy) is 1. The molecule has 0 bridgehead atoms. The van der Waals surface area contributed by atoms with Crippen LogP contribution in [0, 0.1) is 5.92 Å². The van der Waals surface area contributed by atoms with Gasteiger partial charge in [-0.15, -0.1) is 0 Å². The average molecular weight is 275 g/mol. The Morgan fingerprint density at radius 2 is 2.05 bits per heavy atom. The van der Waals surface area contributed by atoms with Crippen LogP contribution in [-0.4, -0.2) is 23.5 Å². The van der Waals surface area contributed by atoms with Crippen LogP contribution in [0.1, 0.15) is 36.7 Å². The van der Waals surface area contributed by atoms with E-state index >= 15 is 0 Å². The van der Waals surface area contributed by atoms with Crippen molar-refractivity contribution in [1.29, 1.82) is 0 Å². The van der Waals surface area contributed by atoms with Gasteiger partial charge in [-0.2, -0.15) is 13.2 Å². The highest BCUT2D eigenvalue weighted by molar-refractivity contribution is 6.00. The summed E-state index contributed by atoms with van der Waals surface area (Å²) in [5, 5.41) is 0. The van der Waals surface area contributed by atoms with Crippen molar-refractivity contribution in [3.05, 3.63) is 29.6 Å². The van der Waals surface area contributed by atoms with Crippen LogP contribution >= 0.6 is 0 Å². The minimum absolute atomic E-state index is 0.214. The van der Waals surface area contributed by atoms with Gasteiger partial charge in [-0.05, 0) is 18.9 Å². The molecule has 106 valence electrons. The number of carbonyl (C=O) groups excluding carboxylic acids is 1. The van der Waals surface area contributed by atoms with E-state index in [0.29, 0.717) is 0 Å². The van der Waals surface area contributed by atoms with Crippen molar-refractivity contribution >= 4 is 5.78 Å². The van der Waals surface area contributed by atoms with Gasteiger partial charge in [-0.1, -0.05) is 13.8 Å². The summed E-state index contributed by atoms with van der Waals surface area (Å²) in [5.41, 5.74) is -1.42. The monoisotopic (exact) mass is 275 g/mol. The topological polar surface area (TPSA) is 39.2 Å². The summed E-state index contributed by atoms with van der Waals surface area (Å²) >= 11 is 0. The van der Waals surface area contributed by atoms with Crippen molar-refractivity contribution in [3.8, 4) is 0 Å². The maximum Gasteiger partial charge on any atom is 0.417 e. The zero-order valence-electron chi connectivity index (χ0n) is 11.0.